The highest BCUT2D eigenvalue weighted by molar-refractivity contribution is 6.17. The number of hydrogen-bond acceptors (Lipinski definition) is 8. The third kappa shape index (κ3) is 5.07. The predicted octanol–water partition coefficient (Wildman–Crippen LogP) is 3.46. The Hall–Kier alpha value is -3.82. The number of aliphatic hydroxyl groups excluding tert-OH is 1. The molecule has 0 aromatic heterocycles. The summed E-state index contributed by atoms with van der Waals surface area (Å²) in [6.07, 6.45) is 6.04. The summed E-state index contributed by atoms with van der Waals surface area (Å²) in [5, 5.41) is 36.3. The van der Waals surface area contributed by atoms with E-state index in [4.69, 9.17) is 4.74 Å². The lowest BCUT2D eigenvalue weighted by Gasteiger charge is -2.34. The van der Waals surface area contributed by atoms with Gasteiger partial charge in [0.1, 0.15) is 23.6 Å². The van der Waals surface area contributed by atoms with Crippen molar-refractivity contribution >= 4 is 23.4 Å². The van der Waals surface area contributed by atoms with E-state index in [9.17, 15) is 34.5 Å². The van der Waals surface area contributed by atoms with Gasteiger partial charge in [0.05, 0.1) is 17.2 Å². The fourth-order valence-corrected chi connectivity index (χ4v) is 5.49. The molecule has 9 nitrogen and oxygen atoms in total. The Labute approximate surface area is 232 Å². The molecule has 4 rings (SSSR count). The largest absolute Gasteiger partial charge is 0.507 e. The molecular weight excluding hydrogens is 514 g/mol. The lowest BCUT2D eigenvalue weighted by Crippen LogP contribution is -2.39. The monoisotopic (exact) mass is 549 g/mol. The summed E-state index contributed by atoms with van der Waals surface area (Å²) in [4.78, 5) is 53.1. The zero-order valence-corrected chi connectivity index (χ0v) is 23.3. The van der Waals surface area contributed by atoms with Crippen molar-refractivity contribution in [3.05, 3.63) is 75.5 Å². The van der Waals surface area contributed by atoms with Crippen LogP contribution < -0.4 is 5.32 Å². The van der Waals surface area contributed by atoms with Gasteiger partial charge in [0.2, 0.25) is 5.91 Å². The van der Waals surface area contributed by atoms with Crippen LogP contribution in [0.2, 0.25) is 0 Å². The minimum atomic E-state index is -2.10. The molecule has 3 aliphatic rings. The summed E-state index contributed by atoms with van der Waals surface area (Å²) in [6.45, 7) is 8.51. The Bertz CT molecular complexity index is 1410. The molecule has 40 heavy (non-hydrogen) atoms. The fourth-order valence-electron chi connectivity index (χ4n) is 5.49. The number of benzene rings is 1. The molecular formula is C31H35NO8. The smallest absolute Gasteiger partial charge is 0.334 e. The van der Waals surface area contributed by atoms with Gasteiger partial charge in [-0.25, -0.2) is 4.79 Å². The number of phenols is 1. The SMILES string of the molecule is CC[C@H]1/C=C/[C@@H]([C@@H](O)C=C(C)C)OC(=O)/C(C)=C\[C@H]2C(=O)NC3=CC(=O)c4c(cc(C)c(O)c4C(=O)CC1)[C@@]32O. The standard InChI is InChI=1S/C31H35NO8/c1-6-18-7-9-21(33)27-26-19(12-16(4)28(27)36)31(39)20(29(37)32-25(31)14-23(26)35)13-17(5)30(38)40-24(10-8-18)22(34)11-15(2)3/h8,10-14,18,20,22,24,34,36,39H,6-7,9H2,1-5H3,(H,32,37)/b10-8+,17-13-/t18-,20+,22+,24+,31+/m1/s1. The van der Waals surface area contributed by atoms with Gasteiger partial charge < -0.3 is 25.4 Å². The molecule has 0 radical (unpaired) electrons. The Kier molecular flexibility index (Phi) is 8.01. The van der Waals surface area contributed by atoms with Gasteiger partial charge in [0, 0.05) is 29.2 Å². The third-order valence-corrected chi connectivity index (χ3v) is 7.76. The third-order valence-electron chi connectivity index (χ3n) is 7.76. The summed E-state index contributed by atoms with van der Waals surface area (Å²) < 4.78 is 5.65. The molecule has 1 fully saturated rings. The first-order valence-corrected chi connectivity index (χ1v) is 13.4. The second kappa shape index (κ2) is 11.0. The Morgan fingerprint density at radius 3 is 2.52 bits per heavy atom. The second-order valence-electron chi connectivity index (χ2n) is 11.0. The molecule has 2 aliphatic heterocycles. The number of carbonyl (C=O) groups is 4. The van der Waals surface area contributed by atoms with Crippen molar-refractivity contribution in [1.82, 2.24) is 5.32 Å². The first-order chi connectivity index (χ1) is 18.8. The summed E-state index contributed by atoms with van der Waals surface area (Å²) in [7, 11) is 0. The van der Waals surface area contributed by atoms with E-state index in [1.54, 1.807) is 39.0 Å². The highest BCUT2D eigenvalue weighted by Crippen LogP contribution is 2.49. The van der Waals surface area contributed by atoms with Crippen LogP contribution in [0.4, 0.5) is 0 Å². The number of ketones is 2. The topological polar surface area (TPSA) is 150 Å². The van der Waals surface area contributed by atoms with Crippen LogP contribution in [0.25, 0.3) is 0 Å². The van der Waals surface area contributed by atoms with E-state index >= 15 is 0 Å². The highest BCUT2D eigenvalue weighted by atomic mass is 16.6. The lowest BCUT2D eigenvalue weighted by atomic mass is 9.72. The number of rotatable bonds is 3. The number of carbonyl (C=O) groups excluding carboxylic acids is 4. The number of phenolic OH excluding ortho intramolecular Hbond substituents is 1. The molecule has 1 aromatic carbocycles. The van der Waals surface area contributed by atoms with Gasteiger partial charge in [-0.2, -0.15) is 0 Å². The molecule has 0 spiro atoms. The molecule has 2 heterocycles. The van der Waals surface area contributed by atoms with Crippen LogP contribution in [0, 0.1) is 18.8 Å². The van der Waals surface area contributed by atoms with Gasteiger partial charge >= 0.3 is 5.97 Å². The number of aryl methyl sites for hydroxylation is 1. The summed E-state index contributed by atoms with van der Waals surface area (Å²) in [5.74, 6) is -4.39. The molecule has 212 valence electrons. The first kappa shape index (κ1) is 29.2. The van der Waals surface area contributed by atoms with Gasteiger partial charge in [-0.15, -0.1) is 0 Å². The zero-order valence-electron chi connectivity index (χ0n) is 23.3. The minimum Gasteiger partial charge on any atom is -0.507 e. The van der Waals surface area contributed by atoms with E-state index in [0.29, 0.717) is 12.8 Å². The molecule has 4 bridgehead atoms. The Morgan fingerprint density at radius 1 is 1.18 bits per heavy atom. The van der Waals surface area contributed by atoms with Gasteiger partial charge in [-0.3, -0.25) is 14.4 Å². The average molecular weight is 550 g/mol. The molecule has 0 saturated carbocycles. The average Bonchev–Trinajstić information content (AvgIpc) is 3.12. The van der Waals surface area contributed by atoms with Gasteiger partial charge in [0.25, 0.3) is 0 Å². The van der Waals surface area contributed by atoms with E-state index in [-0.39, 0.29) is 51.6 Å². The molecule has 1 aromatic rings. The van der Waals surface area contributed by atoms with Gasteiger partial charge in [-0.1, -0.05) is 30.7 Å². The molecule has 0 unspecified atom stereocenters. The molecule has 1 amide bonds. The van der Waals surface area contributed by atoms with Crippen molar-refractivity contribution in [2.75, 3.05) is 0 Å². The molecule has 9 heteroatoms. The van der Waals surface area contributed by atoms with E-state index in [1.807, 2.05) is 6.92 Å². The first-order valence-electron chi connectivity index (χ1n) is 13.4. The number of aromatic hydroxyl groups is 1. The van der Waals surface area contributed by atoms with Gasteiger partial charge in [0.15, 0.2) is 11.6 Å². The predicted molar refractivity (Wildman–Crippen MR) is 146 cm³/mol. The molecule has 1 aliphatic carbocycles. The van der Waals surface area contributed by atoms with Crippen LogP contribution in [-0.4, -0.2) is 51.0 Å². The summed E-state index contributed by atoms with van der Waals surface area (Å²) >= 11 is 0. The lowest BCUT2D eigenvalue weighted by molar-refractivity contribution is -0.145. The Morgan fingerprint density at radius 2 is 1.88 bits per heavy atom. The quantitative estimate of drug-likeness (QED) is 0.331. The van der Waals surface area contributed by atoms with Crippen molar-refractivity contribution in [2.45, 2.75) is 71.7 Å². The number of hydrogen-bond donors (Lipinski definition) is 4. The zero-order chi connectivity index (χ0) is 29.5. The number of aliphatic hydroxyl groups is 2. The van der Waals surface area contributed by atoms with Crippen molar-refractivity contribution in [2.24, 2.45) is 11.8 Å². The number of cyclic esters (lactones) is 1. The van der Waals surface area contributed by atoms with Crippen molar-refractivity contribution in [1.29, 1.82) is 0 Å². The van der Waals surface area contributed by atoms with Crippen LogP contribution in [0.3, 0.4) is 0 Å². The van der Waals surface area contributed by atoms with E-state index in [2.05, 4.69) is 5.32 Å². The highest BCUT2D eigenvalue weighted by Gasteiger charge is 2.55. The summed E-state index contributed by atoms with van der Waals surface area (Å²) in [6, 6.07) is 1.40. The normalized spacial score (nSPS) is 29.5. The number of esters is 1. The van der Waals surface area contributed by atoms with Crippen LogP contribution in [0.5, 0.6) is 5.75 Å². The van der Waals surface area contributed by atoms with Crippen molar-refractivity contribution in [3.63, 3.8) is 0 Å². The van der Waals surface area contributed by atoms with Crippen molar-refractivity contribution in [3.8, 4) is 5.75 Å². The number of amides is 1. The van der Waals surface area contributed by atoms with E-state index in [1.165, 1.54) is 19.1 Å². The van der Waals surface area contributed by atoms with Crippen LogP contribution in [0.15, 0.2) is 53.3 Å². The second-order valence-corrected chi connectivity index (χ2v) is 11.0. The molecule has 5 atom stereocenters. The molecule has 4 N–H and O–H groups in total. The maximum absolute atomic E-state index is 13.5. The number of Topliss-reactive ketones (excluding diaryl/α,β-unsaturated/α-hetero) is 1. The van der Waals surface area contributed by atoms with Gasteiger partial charge in [-0.05, 0) is 64.2 Å². The fraction of sp³-hybridized carbons (Fsp3) is 0.419. The molecule has 1 saturated heterocycles. The number of allylic oxidation sites excluding steroid dienone is 3. The minimum absolute atomic E-state index is 0.00186. The Balaban J connectivity index is 1.93. The van der Waals surface area contributed by atoms with Crippen LogP contribution in [0.1, 0.15) is 78.8 Å². The van der Waals surface area contributed by atoms with Crippen LogP contribution in [-0.2, 0) is 19.9 Å². The maximum atomic E-state index is 13.5. The number of ether oxygens (including phenoxy) is 1. The summed E-state index contributed by atoms with van der Waals surface area (Å²) in [5.41, 5.74) is -1.44. The maximum Gasteiger partial charge on any atom is 0.334 e. The van der Waals surface area contributed by atoms with E-state index in [0.717, 1.165) is 11.6 Å². The van der Waals surface area contributed by atoms with Crippen molar-refractivity contribution < 1.29 is 39.2 Å². The van der Waals surface area contributed by atoms with Crippen LogP contribution >= 0.6 is 0 Å². The number of nitrogens with one attached hydrogen (secondary N) is 1. The van der Waals surface area contributed by atoms with E-state index < -0.39 is 47.2 Å².